The summed E-state index contributed by atoms with van der Waals surface area (Å²) in [6.07, 6.45) is 3.22. The molecule has 116 valence electrons. The molecule has 0 aliphatic carbocycles. The Bertz CT molecular complexity index is 485. The van der Waals surface area contributed by atoms with Crippen LogP contribution in [0.25, 0.3) is 0 Å². The van der Waals surface area contributed by atoms with Crippen molar-refractivity contribution in [1.29, 1.82) is 0 Å². The van der Waals surface area contributed by atoms with E-state index in [2.05, 4.69) is 33.1 Å². The summed E-state index contributed by atoms with van der Waals surface area (Å²) in [6, 6.07) is 5.74. The van der Waals surface area contributed by atoms with Crippen molar-refractivity contribution in [2.75, 3.05) is 26.7 Å². The number of hydrogen-bond acceptors (Lipinski definition) is 3. The number of amides is 1. The lowest BCUT2D eigenvalue weighted by atomic mass is 10.0. The number of rotatable bonds is 5. The first-order valence-corrected chi connectivity index (χ1v) is 8.30. The summed E-state index contributed by atoms with van der Waals surface area (Å²) in [7, 11) is 1.59. The summed E-state index contributed by atoms with van der Waals surface area (Å²) in [5.74, 6) is 0.554. The fraction of sp³-hybridized carbons (Fsp3) is 0.562. The maximum absolute atomic E-state index is 12.4. The molecule has 21 heavy (non-hydrogen) atoms. The van der Waals surface area contributed by atoms with Crippen molar-refractivity contribution in [3.05, 3.63) is 28.2 Å². The second-order valence-electron chi connectivity index (χ2n) is 5.43. The number of benzene rings is 1. The Labute approximate surface area is 135 Å². The van der Waals surface area contributed by atoms with Gasteiger partial charge in [0, 0.05) is 23.6 Å². The highest BCUT2D eigenvalue weighted by Crippen LogP contribution is 2.24. The van der Waals surface area contributed by atoms with E-state index in [1.165, 1.54) is 6.42 Å². The Hall–Kier alpha value is -1.07. The van der Waals surface area contributed by atoms with Gasteiger partial charge in [-0.15, -0.1) is 0 Å². The summed E-state index contributed by atoms with van der Waals surface area (Å²) < 4.78 is 6.19. The summed E-state index contributed by atoms with van der Waals surface area (Å²) in [4.78, 5) is 14.9. The monoisotopic (exact) mass is 354 g/mol. The Balaban J connectivity index is 1.93. The van der Waals surface area contributed by atoms with Crippen molar-refractivity contribution in [1.82, 2.24) is 10.2 Å². The molecule has 0 aromatic heterocycles. The highest BCUT2D eigenvalue weighted by atomic mass is 79.9. The van der Waals surface area contributed by atoms with Crippen LogP contribution >= 0.6 is 15.9 Å². The molecule has 1 amide bonds. The molecule has 0 bridgehead atoms. The summed E-state index contributed by atoms with van der Waals surface area (Å²) in [5.41, 5.74) is 0.594. The predicted octanol–water partition coefficient (Wildman–Crippen LogP) is 3.06. The highest BCUT2D eigenvalue weighted by molar-refractivity contribution is 9.10. The SMILES string of the molecule is CCCN1CCC(NC(=O)c2ccc(Br)cc2OC)CC1. The molecule has 0 unspecified atom stereocenters. The molecule has 1 aromatic rings. The van der Waals surface area contributed by atoms with Crippen LogP contribution in [0.2, 0.25) is 0 Å². The minimum atomic E-state index is -0.0479. The van der Waals surface area contributed by atoms with Gasteiger partial charge in [0.25, 0.3) is 5.91 Å². The van der Waals surface area contributed by atoms with Crippen LogP contribution in [0.1, 0.15) is 36.5 Å². The van der Waals surface area contributed by atoms with Gasteiger partial charge in [-0.3, -0.25) is 4.79 Å². The third kappa shape index (κ3) is 4.45. The van der Waals surface area contributed by atoms with Gasteiger partial charge >= 0.3 is 0 Å². The van der Waals surface area contributed by atoms with Crippen LogP contribution in [-0.2, 0) is 0 Å². The number of nitrogens with zero attached hydrogens (tertiary/aromatic N) is 1. The van der Waals surface area contributed by atoms with Crippen molar-refractivity contribution in [2.45, 2.75) is 32.2 Å². The molecular formula is C16H23BrN2O2. The third-order valence-electron chi connectivity index (χ3n) is 3.87. The van der Waals surface area contributed by atoms with Crippen LogP contribution in [0.15, 0.2) is 22.7 Å². The molecule has 5 heteroatoms. The molecule has 1 N–H and O–H groups in total. The smallest absolute Gasteiger partial charge is 0.255 e. The minimum Gasteiger partial charge on any atom is -0.496 e. The van der Waals surface area contributed by atoms with Gasteiger partial charge in [-0.2, -0.15) is 0 Å². The second-order valence-corrected chi connectivity index (χ2v) is 6.35. The number of carbonyl (C=O) groups excluding carboxylic acids is 1. The fourth-order valence-corrected chi connectivity index (χ4v) is 3.07. The number of nitrogens with one attached hydrogen (secondary N) is 1. The molecule has 1 fully saturated rings. The van der Waals surface area contributed by atoms with Crippen molar-refractivity contribution >= 4 is 21.8 Å². The molecule has 0 saturated carbocycles. The zero-order chi connectivity index (χ0) is 15.2. The molecule has 1 saturated heterocycles. The zero-order valence-corrected chi connectivity index (χ0v) is 14.3. The Morgan fingerprint density at radius 2 is 2.14 bits per heavy atom. The number of ether oxygens (including phenoxy) is 1. The van der Waals surface area contributed by atoms with Crippen molar-refractivity contribution in [3.8, 4) is 5.75 Å². The van der Waals surface area contributed by atoms with E-state index in [1.54, 1.807) is 13.2 Å². The second kappa shape index (κ2) is 7.80. The Morgan fingerprint density at radius 3 is 2.76 bits per heavy atom. The highest BCUT2D eigenvalue weighted by Gasteiger charge is 2.22. The molecule has 1 heterocycles. The number of piperidine rings is 1. The van der Waals surface area contributed by atoms with E-state index in [-0.39, 0.29) is 11.9 Å². The molecule has 0 radical (unpaired) electrons. The van der Waals surface area contributed by atoms with E-state index < -0.39 is 0 Å². The number of methoxy groups -OCH3 is 1. The molecule has 2 rings (SSSR count). The number of halogens is 1. The van der Waals surface area contributed by atoms with Crippen LogP contribution in [0, 0.1) is 0 Å². The molecule has 1 aliphatic rings. The molecule has 0 spiro atoms. The van der Waals surface area contributed by atoms with Gasteiger partial charge in [-0.1, -0.05) is 22.9 Å². The summed E-state index contributed by atoms with van der Waals surface area (Å²) >= 11 is 3.39. The maximum atomic E-state index is 12.4. The lowest BCUT2D eigenvalue weighted by Crippen LogP contribution is -2.44. The fourth-order valence-electron chi connectivity index (χ4n) is 2.73. The number of carbonyl (C=O) groups is 1. The molecule has 4 nitrogen and oxygen atoms in total. The van der Waals surface area contributed by atoms with Crippen molar-refractivity contribution in [3.63, 3.8) is 0 Å². The predicted molar refractivity (Wildman–Crippen MR) is 87.9 cm³/mol. The molecule has 0 atom stereocenters. The van der Waals surface area contributed by atoms with E-state index in [0.717, 1.165) is 36.9 Å². The number of hydrogen-bond donors (Lipinski definition) is 1. The van der Waals surface area contributed by atoms with Gasteiger partial charge < -0.3 is 15.0 Å². The van der Waals surface area contributed by atoms with Gasteiger partial charge in [0.2, 0.25) is 0 Å². The molecule has 1 aliphatic heterocycles. The third-order valence-corrected chi connectivity index (χ3v) is 4.36. The molecule has 1 aromatic carbocycles. The standard InChI is InChI=1S/C16H23BrN2O2/c1-3-8-19-9-6-13(7-10-19)18-16(20)14-5-4-12(17)11-15(14)21-2/h4-5,11,13H,3,6-10H2,1-2H3,(H,18,20). The maximum Gasteiger partial charge on any atom is 0.255 e. The van der Waals surface area contributed by atoms with Gasteiger partial charge in [-0.25, -0.2) is 0 Å². The van der Waals surface area contributed by atoms with E-state index >= 15 is 0 Å². The van der Waals surface area contributed by atoms with Crippen LogP contribution < -0.4 is 10.1 Å². The lowest BCUT2D eigenvalue weighted by Gasteiger charge is -2.32. The van der Waals surface area contributed by atoms with Gasteiger partial charge in [-0.05, 0) is 44.0 Å². The normalized spacial score (nSPS) is 16.7. The summed E-state index contributed by atoms with van der Waals surface area (Å²) in [5, 5.41) is 3.13. The Morgan fingerprint density at radius 1 is 1.43 bits per heavy atom. The van der Waals surface area contributed by atoms with E-state index in [9.17, 15) is 4.79 Å². The number of likely N-dealkylation sites (tertiary alicyclic amines) is 1. The molecular weight excluding hydrogens is 332 g/mol. The van der Waals surface area contributed by atoms with Gasteiger partial charge in [0.15, 0.2) is 0 Å². The van der Waals surface area contributed by atoms with Crippen LogP contribution in [0.3, 0.4) is 0 Å². The van der Waals surface area contributed by atoms with Crippen molar-refractivity contribution in [2.24, 2.45) is 0 Å². The summed E-state index contributed by atoms with van der Waals surface area (Å²) in [6.45, 7) is 5.49. The van der Waals surface area contributed by atoms with Crippen LogP contribution in [-0.4, -0.2) is 43.6 Å². The topological polar surface area (TPSA) is 41.6 Å². The van der Waals surface area contributed by atoms with Gasteiger partial charge in [0.1, 0.15) is 5.75 Å². The first-order valence-electron chi connectivity index (χ1n) is 7.50. The minimum absolute atomic E-state index is 0.0479. The first kappa shape index (κ1) is 16.3. The zero-order valence-electron chi connectivity index (χ0n) is 12.7. The quantitative estimate of drug-likeness (QED) is 0.883. The van der Waals surface area contributed by atoms with E-state index in [0.29, 0.717) is 11.3 Å². The van der Waals surface area contributed by atoms with Crippen molar-refractivity contribution < 1.29 is 9.53 Å². The largest absolute Gasteiger partial charge is 0.496 e. The average Bonchev–Trinajstić information content (AvgIpc) is 2.49. The Kier molecular flexibility index (Phi) is 6.06. The lowest BCUT2D eigenvalue weighted by molar-refractivity contribution is 0.0908. The first-order chi connectivity index (χ1) is 10.1. The van der Waals surface area contributed by atoms with Gasteiger partial charge in [0.05, 0.1) is 12.7 Å². The van der Waals surface area contributed by atoms with E-state index in [1.807, 2.05) is 12.1 Å². The average molecular weight is 355 g/mol. The van der Waals surface area contributed by atoms with Crippen LogP contribution in [0.4, 0.5) is 0 Å². The van der Waals surface area contributed by atoms with E-state index in [4.69, 9.17) is 4.74 Å². The van der Waals surface area contributed by atoms with Crippen LogP contribution in [0.5, 0.6) is 5.75 Å².